The first-order valence-corrected chi connectivity index (χ1v) is 10.7. The molecular weight excluding hydrogens is 410 g/mol. The highest BCUT2D eigenvalue weighted by atomic mass is 35.5. The molecule has 2 heterocycles. The maximum atomic E-state index is 13.9. The van der Waals surface area contributed by atoms with Gasteiger partial charge in [-0.1, -0.05) is 35.3 Å². The van der Waals surface area contributed by atoms with E-state index in [0.29, 0.717) is 12.5 Å². The molecule has 3 aromatic rings. The number of nitrogens with one attached hydrogen (secondary N) is 1. The van der Waals surface area contributed by atoms with Crippen LogP contribution in [-0.2, 0) is 13.1 Å². The summed E-state index contributed by atoms with van der Waals surface area (Å²) in [4.78, 5) is 0. The second-order valence-electron chi connectivity index (χ2n) is 7.88. The van der Waals surface area contributed by atoms with Gasteiger partial charge in [0.05, 0.1) is 17.3 Å². The molecule has 0 spiro atoms. The fraction of sp³-hybridized carbons (Fsp3) is 0.364. The minimum Gasteiger partial charge on any atom is -0.306 e. The van der Waals surface area contributed by atoms with Gasteiger partial charge in [-0.05, 0) is 67.0 Å². The standard InChI is InChI=1S/C22H21Cl2FN4/c23-16-8-9-19-15(10-16)11-26-12-20-27-28-22(29(19)20)14-6-4-13(5-7-14)17-2-1-3-18(25)21(17)24/h1-3,8-10,13-14,26H,4-7,11-12H2. The largest absolute Gasteiger partial charge is 0.306 e. The lowest BCUT2D eigenvalue weighted by molar-refractivity contribution is 0.381. The van der Waals surface area contributed by atoms with Gasteiger partial charge in [0, 0.05) is 17.5 Å². The van der Waals surface area contributed by atoms with E-state index in [1.807, 2.05) is 18.2 Å². The van der Waals surface area contributed by atoms with Gasteiger partial charge in [-0.2, -0.15) is 0 Å². The number of hydrogen-bond donors (Lipinski definition) is 1. The average molecular weight is 431 g/mol. The molecular formula is C22H21Cl2FN4. The zero-order valence-corrected chi connectivity index (χ0v) is 17.3. The predicted octanol–water partition coefficient (Wildman–Crippen LogP) is 5.76. The Bertz CT molecular complexity index is 1060. The van der Waals surface area contributed by atoms with Gasteiger partial charge in [-0.25, -0.2) is 4.39 Å². The topological polar surface area (TPSA) is 42.7 Å². The molecule has 2 aromatic carbocycles. The van der Waals surface area contributed by atoms with Gasteiger partial charge in [-0.3, -0.25) is 4.57 Å². The third-order valence-corrected chi connectivity index (χ3v) is 6.78. The molecule has 150 valence electrons. The van der Waals surface area contributed by atoms with Crippen LogP contribution < -0.4 is 5.32 Å². The maximum Gasteiger partial charge on any atom is 0.151 e. The van der Waals surface area contributed by atoms with Crippen molar-refractivity contribution in [3.63, 3.8) is 0 Å². The Balaban J connectivity index is 1.43. The van der Waals surface area contributed by atoms with Crippen molar-refractivity contribution in [2.24, 2.45) is 0 Å². The van der Waals surface area contributed by atoms with Crippen LogP contribution in [0.1, 0.15) is 60.3 Å². The molecule has 0 amide bonds. The number of aromatic nitrogens is 3. The van der Waals surface area contributed by atoms with Crippen LogP contribution in [0.2, 0.25) is 10.0 Å². The number of nitrogens with zero attached hydrogens (tertiary/aromatic N) is 3. The molecule has 1 aliphatic heterocycles. The van der Waals surface area contributed by atoms with Gasteiger partial charge in [0.15, 0.2) is 5.82 Å². The molecule has 1 aliphatic carbocycles. The third kappa shape index (κ3) is 3.45. The van der Waals surface area contributed by atoms with Crippen molar-refractivity contribution in [1.29, 1.82) is 0 Å². The van der Waals surface area contributed by atoms with Crippen molar-refractivity contribution < 1.29 is 4.39 Å². The maximum absolute atomic E-state index is 13.9. The molecule has 0 radical (unpaired) electrons. The zero-order valence-electron chi connectivity index (χ0n) is 15.8. The highest BCUT2D eigenvalue weighted by Gasteiger charge is 2.30. The van der Waals surface area contributed by atoms with Crippen LogP contribution in [0.4, 0.5) is 4.39 Å². The molecule has 1 N–H and O–H groups in total. The summed E-state index contributed by atoms with van der Waals surface area (Å²) in [6.45, 7) is 1.43. The first-order valence-electron chi connectivity index (χ1n) is 9.99. The Morgan fingerprint density at radius 1 is 0.966 bits per heavy atom. The molecule has 0 bridgehead atoms. The summed E-state index contributed by atoms with van der Waals surface area (Å²) in [5.74, 6) is 2.21. The van der Waals surface area contributed by atoms with Gasteiger partial charge < -0.3 is 5.32 Å². The molecule has 0 unspecified atom stereocenters. The minimum atomic E-state index is -0.336. The second-order valence-corrected chi connectivity index (χ2v) is 8.69. The van der Waals surface area contributed by atoms with Crippen LogP contribution in [0.5, 0.6) is 0 Å². The average Bonchev–Trinajstić information content (AvgIpc) is 3.06. The number of benzene rings is 2. The molecule has 4 nitrogen and oxygen atoms in total. The molecule has 0 saturated heterocycles. The minimum absolute atomic E-state index is 0.268. The fourth-order valence-electron chi connectivity index (χ4n) is 4.69. The third-order valence-electron chi connectivity index (χ3n) is 6.15. The van der Waals surface area contributed by atoms with Crippen LogP contribution in [0, 0.1) is 5.82 Å². The molecule has 29 heavy (non-hydrogen) atoms. The predicted molar refractivity (Wildman–Crippen MR) is 112 cm³/mol. The Labute approximate surface area is 179 Å². The first-order chi connectivity index (χ1) is 14.1. The van der Waals surface area contributed by atoms with E-state index in [1.165, 1.54) is 6.07 Å². The van der Waals surface area contributed by atoms with Crippen LogP contribution in [0.3, 0.4) is 0 Å². The van der Waals surface area contributed by atoms with Crippen molar-refractivity contribution in [1.82, 2.24) is 20.1 Å². The molecule has 7 heteroatoms. The molecule has 1 fully saturated rings. The van der Waals surface area contributed by atoms with Gasteiger partial charge in [-0.15, -0.1) is 10.2 Å². The normalized spacial score (nSPS) is 21.3. The van der Waals surface area contributed by atoms with Gasteiger partial charge in [0.25, 0.3) is 0 Å². The van der Waals surface area contributed by atoms with Crippen LogP contribution >= 0.6 is 23.2 Å². The van der Waals surface area contributed by atoms with E-state index < -0.39 is 0 Å². The lowest BCUT2D eigenvalue weighted by Crippen LogP contribution is -2.17. The van der Waals surface area contributed by atoms with Crippen molar-refractivity contribution in [2.75, 3.05) is 0 Å². The first kappa shape index (κ1) is 19.0. The summed E-state index contributed by atoms with van der Waals surface area (Å²) in [7, 11) is 0. The van der Waals surface area contributed by atoms with Gasteiger partial charge in [0.2, 0.25) is 0 Å². The number of rotatable bonds is 2. The van der Waals surface area contributed by atoms with E-state index in [9.17, 15) is 4.39 Å². The van der Waals surface area contributed by atoms with Gasteiger partial charge in [0.1, 0.15) is 11.6 Å². The summed E-state index contributed by atoms with van der Waals surface area (Å²) in [6, 6.07) is 11.1. The van der Waals surface area contributed by atoms with E-state index in [4.69, 9.17) is 23.2 Å². The second kappa shape index (κ2) is 7.71. The van der Waals surface area contributed by atoms with E-state index in [1.54, 1.807) is 6.07 Å². The summed E-state index contributed by atoms with van der Waals surface area (Å²) < 4.78 is 16.1. The molecule has 5 rings (SSSR count). The Morgan fingerprint density at radius 3 is 2.59 bits per heavy atom. The Kier molecular flexibility index (Phi) is 5.06. The quantitative estimate of drug-likeness (QED) is 0.561. The van der Waals surface area contributed by atoms with E-state index in [0.717, 1.165) is 65.7 Å². The van der Waals surface area contributed by atoms with E-state index in [2.05, 4.69) is 26.1 Å². The fourth-order valence-corrected chi connectivity index (χ4v) is 5.17. The van der Waals surface area contributed by atoms with Crippen LogP contribution in [0.15, 0.2) is 36.4 Å². The zero-order chi connectivity index (χ0) is 20.0. The monoisotopic (exact) mass is 430 g/mol. The number of hydrogen-bond acceptors (Lipinski definition) is 3. The summed E-state index contributed by atoms with van der Waals surface area (Å²) >= 11 is 12.4. The Hall–Kier alpha value is -1.95. The highest BCUT2D eigenvalue weighted by Crippen LogP contribution is 2.43. The van der Waals surface area contributed by atoms with Gasteiger partial charge >= 0.3 is 0 Å². The summed E-state index contributed by atoms with van der Waals surface area (Å²) in [5.41, 5.74) is 3.18. The van der Waals surface area contributed by atoms with E-state index >= 15 is 0 Å². The molecule has 0 atom stereocenters. The van der Waals surface area contributed by atoms with Crippen LogP contribution in [-0.4, -0.2) is 14.8 Å². The van der Waals surface area contributed by atoms with Crippen LogP contribution in [0.25, 0.3) is 5.69 Å². The lowest BCUT2D eigenvalue weighted by Gasteiger charge is -2.29. The summed E-state index contributed by atoms with van der Waals surface area (Å²) in [5, 5.41) is 13.4. The van der Waals surface area contributed by atoms with E-state index in [-0.39, 0.29) is 16.8 Å². The van der Waals surface area contributed by atoms with Crippen molar-refractivity contribution in [3.8, 4) is 5.69 Å². The smallest absolute Gasteiger partial charge is 0.151 e. The SMILES string of the molecule is Fc1cccc(C2CCC(c3nnc4n3-c3ccc(Cl)cc3CNC4)CC2)c1Cl. The Morgan fingerprint density at radius 2 is 1.76 bits per heavy atom. The molecule has 1 aromatic heterocycles. The lowest BCUT2D eigenvalue weighted by atomic mass is 9.78. The highest BCUT2D eigenvalue weighted by molar-refractivity contribution is 6.31. The van der Waals surface area contributed by atoms with Crippen molar-refractivity contribution >= 4 is 23.2 Å². The molecule has 1 saturated carbocycles. The molecule has 2 aliphatic rings. The number of halogens is 3. The summed E-state index contributed by atoms with van der Waals surface area (Å²) in [6.07, 6.45) is 3.88. The van der Waals surface area contributed by atoms with Crippen molar-refractivity contribution in [2.45, 2.75) is 50.6 Å². The number of fused-ring (bicyclic) bond motifs is 3. The van der Waals surface area contributed by atoms with Crippen molar-refractivity contribution in [3.05, 3.63) is 75.0 Å².